The number of fused-ring (bicyclic) bond motifs is 1. The number of rotatable bonds is 3. The molecule has 3 rings (SSSR count). The minimum absolute atomic E-state index is 0.149. The van der Waals surface area contributed by atoms with Crippen molar-refractivity contribution in [3.8, 4) is 0 Å². The molecular formula is C10H16N4O2S. The predicted molar refractivity (Wildman–Crippen MR) is 61.9 cm³/mol. The Morgan fingerprint density at radius 3 is 2.71 bits per heavy atom. The van der Waals surface area contributed by atoms with Gasteiger partial charge in [0.25, 0.3) is 0 Å². The lowest BCUT2D eigenvalue weighted by Gasteiger charge is -2.26. The van der Waals surface area contributed by atoms with Crippen molar-refractivity contribution in [1.29, 1.82) is 0 Å². The van der Waals surface area contributed by atoms with Crippen LogP contribution >= 0.6 is 0 Å². The molecule has 0 N–H and O–H groups in total. The van der Waals surface area contributed by atoms with Crippen LogP contribution in [0.15, 0.2) is 0 Å². The van der Waals surface area contributed by atoms with Gasteiger partial charge in [-0.25, -0.2) is 8.42 Å². The molecule has 0 spiro atoms. The van der Waals surface area contributed by atoms with Crippen molar-refractivity contribution in [2.24, 2.45) is 0 Å². The molecule has 1 aliphatic carbocycles. The SMILES string of the molecule is CCS(=O)(=O)N1CCn2c(nnc2C2CC2)C1. The van der Waals surface area contributed by atoms with E-state index in [0.29, 0.717) is 25.6 Å². The molecular weight excluding hydrogens is 240 g/mol. The molecule has 17 heavy (non-hydrogen) atoms. The Hall–Kier alpha value is -0.950. The average Bonchev–Trinajstić information content (AvgIpc) is 3.08. The van der Waals surface area contributed by atoms with Gasteiger partial charge in [0, 0.05) is 19.0 Å². The maximum Gasteiger partial charge on any atom is 0.214 e. The lowest BCUT2D eigenvalue weighted by atomic mass is 10.3. The van der Waals surface area contributed by atoms with Crippen LogP contribution in [-0.2, 0) is 23.1 Å². The van der Waals surface area contributed by atoms with Crippen molar-refractivity contribution < 1.29 is 8.42 Å². The number of hydrogen-bond donors (Lipinski definition) is 0. The number of sulfonamides is 1. The molecule has 6 nitrogen and oxygen atoms in total. The molecule has 0 radical (unpaired) electrons. The molecule has 1 saturated carbocycles. The second-order valence-corrected chi connectivity index (χ2v) is 6.89. The van der Waals surface area contributed by atoms with E-state index < -0.39 is 10.0 Å². The summed E-state index contributed by atoms with van der Waals surface area (Å²) in [6, 6.07) is 0. The minimum Gasteiger partial charge on any atom is -0.312 e. The van der Waals surface area contributed by atoms with E-state index in [4.69, 9.17) is 0 Å². The summed E-state index contributed by atoms with van der Waals surface area (Å²) in [5, 5.41) is 8.32. The molecule has 0 aromatic carbocycles. The fourth-order valence-corrected chi connectivity index (χ4v) is 3.26. The predicted octanol–water partition coefficient (Wildman–Crippen LogP) is 0.321. The quantitative estimate of drug-likeness (QED) is 0.781. The van der Waals surface area contributed by atoms with E-state index in [1.165, 1.54) is 17.1 Å². The fraction of sp³-hybridized carbons (Fsp3) is 0.800. The smallest absolute Gasteiger partial charge is 0.214 e. The first-order valence-corrected chi connectivity index (χ1v) is 7.62. The molecule has 1 fully saturated rings. The molecule has 1 aromatic rings. The molecule has 2 heterocycles. The third-order valence-electron chi connectivity index (χ3n) is 3.45. The van der Waals surface area contributed by atoms with E-state index in [9.17, 15) is 8.42 Å². The maximum atomic E-state index is 11.8. The second-order valence-electron chi connectivity index (χ2n) is 4.63. The molecule has 0 atom stereocenters. The van der Waals surface area contributed by atoms with E-state index in [-0.39, 0.29) is 5.75 Å². The van der Waals surface area contributed by atoms with Gasteiger partial charge in [-0.3, -0.25) is 0 Å². The summed E-state index contributed by atoms with van der Waals surface area (Å²) in [5.41, 5.74) is 0. The highest BCUT2D eigenvalue weighted by molar-refractivity contribution is 7.89. The van der Waals surface area contributed by atoms with E-state index in [0.717, 1.165) is 11.6 Å². The van der Waals surface area contributed by atoms with Crippen LogP contribution < -0.4 is 0 Å². The summed E-state index contributed by atoms with van der Waals surface area (Å²) < 4.78 is 27.2. The molecule has 0 unspecified atom stereocenters. The summed E-state index contributed by atoms with van der Waals surface area (Å²) in [6.45, 7) is 3.27. The summed E-state index contributed by atoms with van der Waals surface area (Å²) in [5.74, 6) is 2.55. The molecule has 7 heteroatoms. The lowest BCUT2D eigenvalue weighted by molar-refractivity contribution is 0.332. The van der Waals surface area contributed by atoms with Crippen LogP contribution in [0.2, 0.25) is 0 Å². The van der Waals surface area contributed by atoms with Gasteiger partial charge in [-0.1, -0.05) is 0 Å². The van der Waals surface area contributed by atoms with Crippen molar-refractivity contribution in [2.75, 3.05) is 12.3 Å². The molecule has 2 aliphatic rings. The Morgan fingerprint density at radius 2 is 2.06 bits per heavy atom. The highest BCUT2D eigenvalue weighted by Crippen LogP contribution is 2.39. The van der Waals surface area contributed by atoms with Crippen molar-refractivity contribution in [3.05, 3.63) is 11.6 Å². The van der Waals surface area contributed by atoms with Gasteiger partial charge < -0.3 is 4.57 Å². The van der Waals surface area contributed by atoms with Gasteiger partial charge >= 0.3 is 0 Å². The van der Waals surface area contributed by atoms with Crippen LogP contribution in [-0.4, -0.2) is 39.8 Å². The van der Waals surface area contributed by atoms with Crippen molar-refractivity contribution in [2.45, 2.75) is 38.8 Å². The van der Waals surface area contributed by atoms with E-state index in [2.05, 4.69) is 14.8 Å². The summed E-state index contributed by atoms with van der Waals surface area (Å²) >= 11 is 0. The lowest BCUT2D eigenvalue weighted by Crippen LogP contribution is -2.39. The van der Waals surface area contributed by atoms with Crippen molar-refractivity contribution in [3.63, 3.8) is 0 Å². The number of aromatic nitrogens is 3. The Morgan fingerprint density at radius 1 is 1.29 bits per heavy atom. The van der Waals surface area contributed by atoms with Crippen LogP contribution in [0, 0.1) is 0 Å². The summed E-state index contributed by atoms with van der Waals surface area (Å²) in [6.07, 6.45) is 2.38. The van der Waals surface area contributed by atoms with Crippen molar-refractivity contribution >= 4 is 10.0 Å². The molecule has 94 valence electrons. The largest absolute Gasteiger partial charge is 0.312 e. The van der Waals surface area contributed by atoms with Gasteiger partial charge in [0.15, 0.2) is 0 Å². The van der Waals surface area contributed by atoms with Gasteiger partial charge in [0.2, 0.25) is 10.0 Å². The standard InChI is InChI=1S/C10H16N4O2S/c1-2-17(15,16)13-5-6-14-9(7-13)11-12-10(14)8-3-4-8/h8H,2-7H2,1H3. The Kier molecular flexibility index (Phi) is 2.48. The number of nitrogens with zero attached hydrogens (tertiary/aromatic N) is 4. The number of hydrogen-bond acceptors (Lipinski definition) is 4. The molecule has 0 saturated heterocycles. The Bertz CT molecular complexity index is 533. The Labute approximate surface area is 101 Å². The molecule has 1 aromatic heterocycles. The van der Waals surface area contributed by atoms with Crippen LogP contribution in [0.5, 0.6) is 0 Å². The monoisotopic (exact) mass is 256 g/mol. The average molecular weight is 256 g/mol. The third-order valence-corrected chi connectivity index (χ3v) is 5.28. The first kappa shape index (κ1) is 11.2. The first-order chi connectivity index (χ1) is 8.12. The van der Waals surface area contributed by atoms with E-state index in [1.54, 1.807) is 6.92 Å². The first-order valence-electron chi connectivity index (χ1n) is 6.01. The van der Waals surface area contributed by atoms with E-state index >= 15 is 0 Å². The van der Waals surface area contributed by atoms with Crippen LogP contribution in [0.25, 0.3) is 0 Å². The zero-order valence-corrected chi connectivity index (χ0v) is 10.7. The van der Waals surface area contributed by atoms with Gasteiger partial charge in [-0.05, 0) is 19.8 Å². The van der Waals surface area contributed by atoms with Gasteiger partial charge in [0.1, 0.15) is 11.6 Å². The van der Waals surface area contributed by atoms with Crippen LogP contribution in [0.4, 0.5) is 0 Å². The summed E-state index contributed by atoms with van der Waals surface area (Å²) in [7, 11) is -3.11. The van der Waals surface area contributed by atoms with Crippen molar-refractivity contribution in [1.82, 2.24) is 19.1 Å². The highest BCUT2D eigenvalue weighted by Gasteiger charge is 2.33. The van der Waals surface area contributed by atoms with Gasteiger partial charge in [-0.2, -0.15) is 4.31 Å². The van der Waals surface area contributed by atoms with Gasteiger partial charge in [-0.15, -0.1) is 10.2 Å². The van der Waals surface area contributed by atoms with Gasteiger partial charge in [0.05, 0.1) is 12.3 Å². The van der Waals surface area contributed by atoms with Crippen LogP contribution in [0.3, 0.4) is 0 Å². The molecule has 0 bridgehead atoms. The highest BCUT2D eigenvalue weighted by atomic mass is 32.2. The fourth-order valence-electron chi connectivity index (χ4n) is 2.22. The second kappa shape index (κ2) is 3.78. The zero-order chi connectivity index (χ0) is 12.0. The normalized spacial score (nSPS) is 21.5. The van der Waals surface area contributed by atoms with Crippen LogP contribution in [0.1, 0.15) is 37.3 Å². The Balaban J connectivity index is 1.87. The minimum atomic E-state index is -3.11. The van der Waals surface area contributed by atoms with E-state index in [1.807, 2.05) is 0 Å². The molecule has 0 amide bonds. The maximum absolute atomic E-state index is 11.8. The molecule has 1 aliphatic heterocycles. The zero-order valence-electron chi connectivity index (χ0n) is 9.83. The topological polar surface area (TPSA) is 68.1 Å². The summed E-state index contributed by atoms with van der Waals surface area (Å²) in [4.78, 5) is 0. The third kappa shape index (κ3) is 1.87.